The van der Waals surface area contributed by atoms with E-state index in [1.165, 1.54) is 18.5 Å². The van der Waals surface area contributed by atoms with E-state index >= 15 is 0 Å². The van der Waals surface area contributed by atoms with Gasteiger partial charge in [-0.05, 0) is 118 Å². The molecule has 1 aliphatic rings. The van der Waals surface area contributed by atoms with Crippen LogP contribution in [0, 0.1) is 7.14 Å². The molecule has 33 heavy (non-hydrogen) atoms. The molecule has 1 amide bonds. The first-order chi connectivity index (χ1) is 16.0. The van der Waals surface area contributed by atoms with Crippen molar-refractivity contribution < 1.29 is 9.53 Å². The lowest BCUT2D eigenvalue weighted by atomic mass is 10.2. The van der Waals surface area contributed by atoms with E-state index in [1.54, 1.807) is 6.21 Å². The highest BCUT2D eigenvalue weighted by Crippen LogP contribution is 2.29. The molecule has 3 aromatic rings. The van der Waals surface area contributed by atoms with Gasteiger partial charge in [0.25, 0.3) is 5.91 Å². The van der Waals surface area contributed by atoms with Gasteiger partial charge < -0.3 is 9.64 Å². The third-order valence-corrected chi connectivity index (χ3v) is 7.43. The van der Waals surface area contributed by atoms with Crippen molar-refractivity contribution >= 4 is 78.9 Å². The maximum atomic E-state index is 12.4. The number of benzene rings is 3. The summed E-state index contributed by atoms with van der Waals surface area (Å²) < 4.78 is 9.07. The lowest BCUT2D eigenvalue weighted by Gasteiger charge is -2.17. The predicted molar refractivity (Wildman–Crippen MR) is 153 cm³/mol. The van der Waals surface area contributed by atoms with Crippen LogP contribution in [-0.4, -0.2) is 25.2 Å². The number of rotatable bonds is 7. The summed E-state index contributed by atoms with van der Waals surface area (Å²) in [7, 11) is 0. The highest BCUT2D eigenvalue weighted by molar-refractivity contribution is 14.1. The Hall–Kier alpha value is -1.66. The zero-order valence-corrected chi connectivity index (χ0v) is 23.6. The first-order valence-corrected chi connectivity index (χ1v) is 13.5. The van der Waals surface area contributed by atoms with Gasteiger partial charge >= 0.3 is 0 Å². The van der Waals surface area contributed by atoms with Crippen LogP contribution in [0.1, 0.15) is 34.3 Å². The van der Waals surface area contributed by atoms with Gasteiger partial charge in [0.15, 0.2) is 0 Å². The number of nitrogens with one attached hydrogen (secondary N) is 1. The average molecular weight is 730 g/mol. The fraction of sp³-hybridized carbons (Fsp3) is 0.200. The van der Waals surface area contributed by atoms with Crippen LogP contribution < -0.4 is 15.1 Å². The summed E-state index contributed by atoms with van der Waals surface area (Å²) in [4.78, 5) is 14.8. The molecular weight excluding hydrogens is 708 g/mol. The van der Waals surface area contributed by atoms with E-state index in [9.17, 15) is 4.79 Å². The van der Waals surface area contributed by atoms with Crippen molar-refractivity contribution in [3.8, 4) is 5.75 Å². The first-order valence-electron chi connectivity index (χ1n) is 10.5. The molecule has 0 radical (unpaired) electrons. The topological polar surface area (TPSA) is 53.9 Å². The fourth-order valence-corrected chi connectivity index (χ4v) is 5.95. The number of ether oxygens (including phenoxy) is 1. The lowest BCUT2D eigenvalue weighted by molar-refractivity contribution is 0.0955. The maximum Gasteiger partial charge on any atom is 0.271 e. The van der Waals surface area contributed by atoms with E-state index in [0.29, 0.717) is 12.2 Å². The number of nitrogens with zero attached hydrogens (tertiary/aromatic N) is 2. The van der Waals surface area contributed by atoms with E-state index in [2.05, 4.69) is 76.5 Å². The molecule has 1 fully saturated rings. The second kappa shape index (κ2) is 11.7. The Morgan fingerprint density at radius 2 is 1.67 bits per heavy atom. The van der Waals surface area contributed by atoms with Crippen LogP contribution in [0.25, 0.3) is 0 Å². The Morgan fingerprint density at radius 1 is 1.03 bits per heavy atom. The molecule has 1 N–H and O–H groups in total. The third-order valence-electron chi connectivity index (χ3n) is 5.30. The minimum Gasteiger partial charge on any atom is -0.487 e. The minimum absolute atomic E-state index is 0.224. The maximum absolute atomic E-state index is 12.4. The highest BCUT2D eigenvalue weighted by atomic mass is 127. The van der Waals surface area contributed by atoms with Crippen molar-refractivity contribution in [1.29, 1.82) is 0 Å². The first kappa shape index (κ1) is 24.5. The summed E-state index contributed by atoms with van der Waals surface area (Å²) in [5.41, 5.74) is 6.37. The van der Waals surface area contributed by atoms with Crippen molar-refractivity contribution in [3.05, 3.63) is 89.0 Å². The predicted octanol–water partition coefficient (Wildman–Crippen LogP) is 6.60. The van der Waals surface area contributed by atoms with Gasteiger partial charge in [0, 0.05) is 28.8 Å². The average Bonchev–Trinajstić information content (AvgIpc) is 3.35. The number of carbonyl (C=O) groups is 1. The number of hydrogen-bond acceptors (Lipinski definition) is 4. The van der Waals surface area contributed by atoms with Crippen LogP contribution in [0.15, 0.2) is 70.2 Å². The van der Waals surface area contributed by atoms with Crippen LogP contribution in [0.2, 0.25) is 0 Å². The Bertz CT molecular complexity index is 1120. The van der Waals surface area contributed by atoms with E-state index in [1.807, 2.05) is 60.7 Å². The van der Waals surface area contributed by atoms with Gasteiger partial charge in [-0.2, -0.15) is 5.10 Å². The molecule has 8 heteroatoms. The van der Waals surface area contributed by atoms with Gasteiger partial charge in [-0.25, -0.2) is 5.43 Å². The molecule has 170 valence electrons. The van der Waals surface area contributed by atoms with Crippen LogP contribution in [0.3, 0.4) is 0 Å². The number of amides is 1. The van der Waals surface area contributed by atoms with Crippen LogP contribution in [0.4, 0.5) is 5.69 Å². The number of carbonyl (C=O) groups excluding carboxylic acids is 1. The summed E-state index contributed by atoms with van der Waals surface area (Å²) in [6, 6.07) is 19.8. The largest absolute Gasteiger partial charge is 0.487 e. The van der Waals surface area contributed by atoms with Gasteiger partial charge in [-0.15, -0.1) is 0 Å². The number of hydrogen-bond donors (Lipinski definition) is 1. The normalized spacial score (nSPS) is 13.5. The number of anilines is 1. The van der Waals surface area contributed by atoms with Crippen LogP contribution in [0.5, 0.6) is 5.75 Å². The summed E-state index contributed by atoms with van der Waals surface area (Å²) >= 11 is 7.97. The standard InChI is InChI=1S/C25H22BrI2N3O2/c26-20-7-3-17(4-8-20)16-33-24-22(27)13-18(14-23(24)28)15-29-30-25(32)19-5-9-21(10-6-19)31-11-1-2-12-31/h3-10,13-15H,1-2,11-12,16H2,(H,30,32)/b29-15-. The van der Waals surface area contributed by atoms with E-state index < -0.39 is 0 Å². The summed E-state index contributed by atoms with van der Waals surface area (Å²) in [6.45, 7) is 2.67. The van der Waals surface area contributed by atoms with Crippen LogP contribution >= 0.6 is 61.1 Å². The zero-order valence-electron chi connectivity index (χ0n) is 17.7. The molecule has 5 nitrogen and oxygen atoms in total. The van der Waals surface area contributed by atoms with Crippen molar-refractivity contribution in [1.82, 2.24) is 5.43 Å². The quantitative estimate of drug-likeness (QED) is 0.170. The fourth-order valence-electron chi connectivity index (χ4n) is 3.56. The SMILES string of the molecule is O=C(N/N=C\c1cc(I)c(OCc2ccc(Br)cc2)c(I)c1)c1ccc(N2CCCC2)cc1. The van der Waals surface area contributed by atoms with Gasteiger partial charge in [-0.3, -0.25) is 4.79 Å². The Morgan fingerprint density at radius 3 is 2.30 bits per heavy atom. The molecule has 3 aromatic carbocycles. The second-order valence-corrected chi connectivity index (χ2v) is 10.9. The molecular formula is C25H22BrI2N3O2. The van der Waals surface area contributed by atoms with E-state index in [-0.39, 0.29) is 5.91 Å². The Balaban J connectivity index is 1.34. The minimum atomic E-state index is -0.224. The molecule has 1 heterocycles. The second-order valence-electron chi connectivity index (χ2n) is 7.67. The molecule has 4 rings (SSSR count). The van der Waals surface area contributed by atoms with Gasteiger partial charge in [-0.1, -0.05) is 28.1 Å². The monoisotopic (exact) mass is 729 g/mol. The lowest BCUT2D eigenvalue weighted by Crippen LogP contribution is -2.19. The van der Waals surface area contributed by atoms with Gasteiger partial charge in [0.2, 0.25) is 0 Å². The molecule has 0 aromatic heterocycles. The Labute approximate surface area is 229 Å². The summed E-state index contributed by atoms with van der Waals surface area (Å²) in [5.74, 6) is 0.622. The van der Waals surface area contributed by atoms with Crippen molar-refractivity contribution in [2.24, 2.45) is 5.10 Å². The summed E-state index contributed by atoms with van der Waals surface area (Å²) in [5, 5.41) is 4.14. The van der Waals surface area contributed by atoms with Crippen molar-refractivity contribution in [3.63, 3.8) is 0 Å². The van der Waals surface area contributed by atoms with Crippen molar-refractivity contribution in [2.75, 3.05) is 18.0 Å². The molecule has 0 aliphatic carbocycles. The molecule has 0 atom stereocenters. The zero-order chi connectivity index (χ0) is 23.2. The molecule has 0 unspecified atom stereocenters. The number of halogens is 3. The van der Waals surface area contributed by atoms with Crippen molar-refractivity contribution in [2.45, 2.75) is 19.4 Å². The van der Waals surface area contributed by atoms with Gasteiger partial charge in [0.05, 0.1) is 13.4 Å². The third kappa shape index (κ3) is 6.69. The molecule has 0 spiro atoms. The van der Waals surface area contributed by atoms with Gasteiger partial charge in [0.1, 0.15) is 12.4 Å². The molecule has 0 bridgehead atoms. The summed E-state index contributed by atoms with van der Waals surface area (Å²) in [6.07, 6.45) is 4.11. The van der Waals surface area contributed by atoms with E-state index in [0.717, 1.165) is 41.6 Å². The molecule has 0 saturated carbocycles. The highest BCUT2D eigenvalue weighted by Gasteiger charge is 2.13. The molecule has 1 aliphatic heterocycles. The van der Waals surface area contributed by atoms with Crippen LogP contribution in [-0.2, 0) is 6.61 Å². The van der Waals surface area contributed by atoms with E-state index in [4.69, 9.17) is 4.74 Å². The number of hydrazone groups is 1. The molecule has 1 saturated heterocycles. The Kier molecular flexibility index (Phi) is 8.64. The smallest absolute Gasteiger partial charge is 0.271 e.